The van der Waals surface area contributed by atoms with Gasteiger partial charge in [0.25, 0.3) is 5.91 Å². The van der Waals surface area contributed by atoms with Gasteiger partial charge in [0.1, 0.15) is 5.75 Å². The first kappa shape index (κ1) is 20.3. The third kappa shape index (κ3) is 4.69. The van der Waals surface area contributed by atoms with Crippen molar-refractivity contribution in [2.45, 2.75) is 6.92 Å². The maximum absolute atomic E-state index is 12.3. The van der Waals surface area contributed by atoms with E-state index in [1.807, 2.05) is 43.3 Å². The topological polar surface area (TPSA) is 69.2 Å². The van der Waals surface area contributed by atoms with Gasteiger partial charge in [-0.15, -0.1) is 0 Å². The first-order valence-corrected chi connectivity index (χ1v) is 10.1. The minimum absolute atomic E-state index is 0.194. The number of benzene rings is 2. The number of carbonyl (C=O) groups is 1. The highest BCUT2D eigenvalue weighted by molar-refractivity contribution is 9.10. The molecule has 0 bridgehead atoms. The molecule has 8 heteroatoms. The van der Waals surface area contributed by atoms with Crippen molar-refractivity contribution >= 4 is 50.5 Å². The molecule has 0 aromatic heterocycles. The fourth-order valence-corrected chi connectivity index (χ4v) is 4.02. The Hall–Kier alpha value is -2.45. The molecule has 1 N–H and O–H groups in total. The van der Waals surface area contributed by atoms with Gasteiger partial charge in [-0.3, -0.25) is 4.79 Å². The lowest BCUT2D eigenvalue weighted by Gasteiger charge is -2.10. The lowest BCUT2D eigenvalue weighted by atomic mass is 10.2. The number of nitrogens with zero attached hydrogens (tertiary/aromatic N) is 1. The van der Waals surface area contributed by atoms with Crippen molar-refractivity contribution in [1.82, 2.24) is 5.32 Å². The number of carbonyl (C=O) groups excluding carboxylic acids is 1. The van der Waals surface area contributed by atoms with Gasteiger partial charge in [0.05, 0.1) is 35.9 Å². The van der Waals surface area contributed by atoms with E-state index in [2.05, 4.69) is 26.2 Å². The molecule has 1 amide bonds. The number of halogens is 1. The zero-order valence-corrected chi connectivity index (χ0v) is 18.0. The largest absolute Gasteiger partial charge is 0.494 e. The van der Waals surface area contributed by atoms with Crippen molar-refractivity contribution < 1.29 is 19.0 Å². The van der Waals surface area contributed by atoms with Crippen LogP contribution in [-0.2, 0) is 4.79 Å². The summed E-state index contributed by atoms with van der Waals surface area (Å²) in [6, 6.07) is 11.1. The van der Waals surface area contributed by atoms with E-state index in [1.165, 1.54) is 11.8 Å². The molecule has 1 saturated heterocycles. The Morgan fingerprint density at radius 2 is 1.93 bits per heavy atom. The second-order valence-electron chi connectivity index (χ2n) is 5.65. The van der Waals surface area contributed by atoms with E-state index < -0.39 is 0 Å². The minimum Gasteiger partial charge on any atom is -0.494 e. The summed E-state index contributed by atoms with van der Waals surface area (Å²) >= 11 is 4.74. The molecule has 0 saturated carbocycles. The highest BCUT2D eigenvalue weighted by Gasteiger charge is 2.24. The Morgan fingerprint density at radius 1 is 1.18 bits per heavy atom. The highest BCUT2D eigenvalue weighted by atomic mass is 79.9. The van der Waals surface area contributed by atoms with E-state index in [-0.39, 0.29) is 5.91 Å². The van der Waals surface area contributed by atoms with Gasteiger partial charge in [-0.25, -0.2) is 4.99 Å². The fraction of sp³-hybridized carbons (Fsp3) is 0.200. The average Bonchev–Trinajstić information content (AvgIpc) is 3.02. The number of ether oxygens (including phenoxy) is 3. The molecular formula is C20H19BrN2O4S. The molecule has 1 fully saturated rings. The van der Waals surface area contributed by atoms with Gasteiger partial charge in [-0.2, -0.15) is 0 Å². The first-order chi connectivity index (χ1) is 13.5. The van der Waals surface area contributed by atoms with Crippen LogP contribution in [0.2, 0.25) is 0 Å². The van der Waals surface area contributed by atoms with Crippen LogP contribution in [0.4, 0.5) is 5.69 Å². The predicted octanol–water partition coefficient (Wildman–Crippen LogP) is 4.76. The first-order valence-electron chi connectivity index (χ1n) is 8.48. The summed E-state index contributed by atoms with van der Waals surface area (Å²) in [5, 5.41) is 3.31. The van der Waals surface area contributed by atoms with Gasteiger partial charge in [0, 0.05) is 0 Å². The van der Waals surface area contributed by atoms with Crippen molar-refractivity contribution in [3.05, 3.63) is 51.3 Å². The number of nitrogens with one attached hydrogen (secondary N) is 1. The highest BCUT2D eigenvalue weighted by Crippen LogP contribution is 2.38. The quantitative estimate of drug-likeness (QED) is 0.626. The Bertz CT molecular complexity index is 942. The van der Waals surface area contributed by atoms with Gasteiger partial charge in [0.2, 0.25) is 0 Å². The summed E-state index contributed by atoms with van der Waals surface area (Å²) in [7, 11) is 3.14. The van der Waals surface area contributed by atoms with E-state index in [4.69, 9.17) is 14.2 Å². The van der Waals surface area contributed by atoms with E-state index in [1.54, 1.807) is 20.3 Å². The van der Waals surface area contributed by atoms with Gasteiger partial charge < -0.3 is 19.5 Å². The van der Waals surface area contributed by atoms with Crippen LogP contribution in [0.3, 0.4) is 0 Å². The zero-order chi connectivity index (χ0) is 20.1. The standard InChI is InChI=1S/C20H19BrN2O4S/c1-4-27-14-7-5-13(6-8-14)22-20-23-19(24)17(28-20)11-12-9-15(21)18(26-3)16(10-12)25-2/h5-11H,4H2,1-3H3,(H,22,23,24)/b17-11-. The molecular weight excluding hydrogens is 444 g/mol. The molecule has 1 heterocycles. The molecule has 28 heavy (non-hydrogen) atoms. The van der Waals surface area contributed by atoms with Crippen LogP contribution < -0.4 is 19.5 Å². The molecule has 2 aromatic rings. The molecule has 3 rings (SSSR count). The second kappa shape index (κ2) is 9.16. The van der Waals surface area contributed by atoms with Crippen LogP contribution in [-0.4, -0.2) is 31.9 Å². The van der Waals surface area contributed by atoms with Crippen molar-refractivity contribution in [2.24, 2.45) is 4.99 Å². The predicted molar refractivity (Wildman–Crippen MR) is 116 cm³/mol. The molecule has 146 valence electrons. The molecule has 2 aromatic carbocycles. The van der Waals surface area contributed by atoms with E-state index in [0.29, 0.717) is 28.2 Å². The maximum Gasteiger partial charge on any atom is 0.264 e. The number of amidine groups is 1. The van der Waals surface area contributed by atoms with Crippen LogP contribution in [0.1, 0.15) is 12.5 Å². The lowest BCUT2D eigenvalue weighted by molar-refractivity contribution is -0.115. The Labute approximate surface area is 176 Å². The van der Waals surface area contributed by atoms with Gasteiger partial charge >= 0.3 is 0 Å². The third-order valence-corrected chi connectivity index (χ3v) is 5.28. The summed E-state index contributed by atoms with van der Waals surface area (Å²) in [6.07, 6.45) is 1.79. The number of thioether (sulfide) groups is 1. The van der Waals surface area contributed by atoms with E-state index >= 15 is 0 Å². The third-order valence-electron chi connectivity index (χ3n) is 3.78. The van der Waals surface area contributed by atoms with E-state index in [9.17, 15) is 4.79 Å². The Balaban J connectivity index is 1.81. The fourth-order valence-electron chi connectivity index (χ4n) is 2.55. The Kier molecular flexibility index (Phi) is 6.64. The minimum atomic E-state index is -0.194. The maximum atomic E-state index is 12.3. The van der Waals surface area contributed by atoms with Crippen molar-refractivity contribution in [2.75, 3.05) is 20.8 Å². The normalized spacial score (nSPS) is 16.4. The Morgan fingerprint density at radius 3 is 2.57 bits per heavy atom. The molecule has 0 aliphatic carbocycles. The van der Waals surface area contributed by atoms with E-state index in [0.717, 1.165) is 21.5 Å². The second-order valence-corrected chi connectivity index (χ2v) is 7.53. The van der Waals surface area contributed by atoms with Crippen molar-refractivity contribution in [1.29, 1.82) is 0 Å². The monoisotopic (exact) mass is 462 g/mol. The van der Waals surface area contributed by atoms with Crippen LogP contribution >= 0.6 is 27.7 Å². The van der Waals surface area contributed by atoms with Crippen LogP contribution in [0.15, 0.2) is 50.8 Å². The molecule has 1 aliphatic rings. The number of rotatable bonds is 6. The van der Waals surface area contributed by atoms with Crippen molar-refractivity contribution in [3.8, 4) is 17.2 Å². The summed E-state index contributed by atoms with van der Waals surface area (Å²) in [4.78, 5) is 17.3. The summed E-state index contributed by atoms with van der Waals surface area (Å²) < 4.78 is 16.8. The molecule has 1 aliphatic heterocycles. The van der Waals surface area contributed by atoms with Gasteiger partial charge in [-0.05, 0) is 82.7 Å². The summed E-state index contributed by atoms with van der Waals surface area (Å²) in [5.74, 6) is 1.77. The van der Waals surface area contributed by atoms with Gasteiger partial charge in [0.15, 0.2) is 16.7 Å². The lowest BCUT2D eigenvalue weighted by Crippen LogP contribution is -2.19. The zero-order valence-electron chi connectivity index (χ0n) is 15.6. The molecule has 0 unspecified atom stereocenters. The number of hydrogen-bond donors (Lipinski definition) is 1. The van der Waals surface area contributed by atoms with Crippen LogP contribution in [0, 0.1) is 0 Å². The molecule has 6 nitrogen and oxygen atoms in total. The van der Waals surface area contributed by atoms with Crippen LogP contribution in [0.25, 0.3) is 6.08 Å². The molecule has 0 spiro atoms. The number of amides is 1. The van der Waals surface area contributed by atoms with Crippen LogP contribution in [0.5, 0.6) is 17.2 Å². The molecule has 0 atom stereocenters. The average molecular weight is 463 g/mol. The number of hydrogen-bond acceptors (Lipinski definition) is 6. The molecule has 0 radical (unpaired) electrons. The smallest absolute Gasteiger partial charge is 0.264 e. The number of aliphatic imine (C=N–C) groups is 1. The van der Waals surface area contributed by atoms with Gasteiger partial charge in [-0.1, -0.05) is 0 Å². The SMILES string of the molecule is CCOc1ccc(N=C2NC(=O)/C(=C/c3cc(Br)c(OC)c(OC)c3)S2)cc1. The number of methoxy groups -OCH3 is 2. The summed E-state index contributed by atoms with van der Waals surface area (Å²) in [5.41, 5.74) is 1.55. The van der Waals surface area contributed by atoms with Crippen molar-refractivity contribution in [3.63, 3.8) is 0 Å². The summed E-state index contributed by atoms with van der Waals surface area (Å²) in [6.45, 7) is 2.55.